The van der Waals surface area contributed by atoms with Gasteiger partial charge < -0.3 is 36.2 Å². The van der Waals surface area contributed by atoms with Crippen LogP contribution >= 0.6 is 0 Å². The molecule has 36 heavy (non-hydrogen) atoms. The van der Waals surface area contributed by atoms with Crippen molar-refractivity contribution in [1.82, 2.24) is 15.5 Å². The molecule has 0 aromatic rings. The molecule has 3 unspecified atom stereocenters. The highest BCUT2D eigenvalue weighted by molar-refractivity contribution is 5.87. The second-order valence-corrected chi connectivity index (χ2v) is 10.3. The van der Waals surface area contributed by atoms with Crippen LogP contribution in [-0.4, -0.2) is 74.5 Å². The van der Waals surface area contributed by atoms with Crippen molar-refractivity contribution in [2.75, 3.05) is 27.3 Å². The van der Waals surface area contributed by atoms with Crippen molar-refractivity contribution in [3.8, 4) is 11.8 Å². The van der Waals surface area contributed by atoms with Gasteiger partial charge in [0.1, 0.15) is 5.82 Å². The van der Waals surface area contributed by atoms with Crippen LogP contribution in [0, 0.1) is 28.6 Å². The zero-order valence-electron chi connectivity index (χ0n) is 22.4. The van der Waals surface area contributed by atoms with Gasteiger partial charge in [-0.25, -0.2) is 0 Å². The molecule has 9 heteroatoms. The van der Waals surface area contributed by atoms with E-state index in [9.17, 15) is 9.59 Å². The Balaban J connectivity index is 2.40. The summed E-state index contributed by atoms with van der Waals surface area (Å²) in [6.45, 7) is 10.8. The maximum Gasteiger partial charge on any atom is 0.246 e. The van der Waals surface area contributed by atoms with E-state index in [4.69, 9.17) is 20.6 Å². The lowest BCUT2D eigenvalue weighted by atomic mass is 9.73. The first-order valence-corrected chi connectivity index (χ1v) is 12.6. The van der Waals surface area contributed by atoms with Crippen LogP contribution < -0.4 is 16.4 Å². The van der Waals surface area contributed by atoms with E-state index in [1.165, 1.54) is 12.3 Å². The Hall–Kier alpha value is -2.83. The highest BCUT2D eigenvalue weighted by Gasteiger charge is 2.37. The number of rotatable bonds is 11. The van der Waals surface area contributed by atoms with Gasteiger partial charge in [-0.15, -0.1) is 0 Å². The summed E-state index contributed by atoms with van der Waals surface area (Å²) >= 11 is 0. The van der Waals surface area contributed by atoms with Gasteiger partial charge in [0, 0.05) is 51.0 Å². The van der Waals surface area contributed by atoms with Crippen LogP contribution in [0.2, 0.25) is 0 Å². The summed E-state index contributed by atoms with van der Waals surface area (Å²) in [5, 5.41) is 15.0. The lowest BCUT2D eigenvalue weighted by Crippen LogP contribution is -2.42. The number of carbonyl (C=O) groups excluding carboxylic acids is 2. The zero-order chi connectivity index (χ0) is 26.9. The van der Waals surface area contributed by atoms with Gasteiger partial charge in [-0.1, -0.05) is 18.4 Å². The minimum absolute atomic E-state index is 0.0156. The maximum atomic E-state index is 12.1. The molecule has 0 bridgehead atoms. The number of ether oxygens (including phenoxy) is 2. The largest absolute Gasteiger partial charge is 0.381 e. The van der Waals surface area contributed by atoms with Gasteiger partial charge in [0.05, 0.1) is 24.5 Å². The number of primary amides is 1. The van der Waals surface area contributed by atoms with Gasteiger partial charge in [0.2, 0.25) is 11.8 Å². The van der Waals surface area contributed by atoms with Gasteiger partial charge in [0.25, 0.3) is 0 Å². The van der Waals surface area contributed by atoms with E-state index >= 15 is 0 Å². The van der Waals surface area contributed by atoms with Crippen molar-refractivity contribution in [3.05, 3.63) is 24.0 Å². The van der Waals surface area contributed by atoms with Gasteiger partial charge in [-0.05, 0) is 58.1 Å². The lowest BCUT2D eigenvalue weighted by molar-refractivity contribution is -0.125. The predicted octanol–water partition coefficient (Wildman–Crippen LogP) is 1.94. The molecular formula is C27H43N5O4. The Morgan fingerprint density at radius 3 is 2.42 bits per heavy atom. The molecule has 1 aliphatic carbocycles. The molecule has 1 saturated carbocycles. The van der Waals surface area contributed by atoms with Crippen molar-refractivity contribution < 1.29 is 19.1 Å². The number of nitrogens with one attached hydrogen (secondary N) is 3. The van der Waals surface area contributed by atoms with Crippen molar-refractivity contribution >= 4 is 18.0 Å². The first kappa shape index (κ1) is 29.4. The lowest BCUT2D eigenvalue weighted by Gasteiger charge is -2.38. The number of amides is 2. The number of hydrogen-bond donors (Lipinski definition) is 4. The molecule has 0 radical (unpaired) electrons. The maximum absolute atomic E-state index is 12.1. The number of nitrogens with zero attached hydrogens (tertiary/aromatic N) is 1. The Bertz CT molecular complexity index is 892. The van der Waals surface area contributed by atoms with Crippen LogP contribution in [0.5, 0.6) is 0 Å². The van der Waals surface area contributed by atoms with Crippen molar-refractivity contribution in [3.63, 3.8) is 0 Å². The van der Waals surface area contributed by atoms with E-state index < -0.39 is 11.8 Å². The second kappa shape index (κ2) is 13.5. The Morgan fingerprint density at radius 1 is 1.28 bits per heavy atom. The molecule has 200 valence electrons. The van der Waals surface area contributed by atoms with Crippen molar-refractivity contribution in [2.45, 2.75) is 77.2 Å². The highest BCUT2D eigenvalue weighted by atomic mass is 16.5. The minimum Gasteiger partial charge on any atom is -0.381 e. The molecule has 2 rings (SSSR count). The summed E-state index contributed by atoms with van der Waals surface area (Å²) < 4.78 is 11.2. The fourth-order valence-electron chi connectivity index (χ4n) is 4.96. The number of carbonyl (C=O) groups is 2. The van der Waals surface area contributed by atoms with E-state index in [1.807, 2.05) is 13.8 Å². The summed E-state index contributed by atoms with van der Waals surface area (Å²) in [7, 11) is 3.40. The molecule has 5 N–H and O–H groups in total. The molecule has 9 nitrogen and oxygen atoms in total. The van der Waals surface area contributed by atoms with Crippen molar-refractivity contribution in [2.24, 2.45) is 17.1 Å². The van der Waals surface area contributed by atoms with Gasteiger partial charge in [-0.3, -0.25) is 9.59 Å². The van der Waals surface area contributed by atoms with E-state index in [1.54, 1.807) is 19.1 Å². The quantitative estimate of drug-likeness (QED) is 0.194. The van der Waals surface area contributed by atoms with Crippen LogP contribution in [-0.2, 0) is 19.1 Å². The molecule has 1 saturated heterocycles. The van der Waals surface area contributed by atoms with E-state index in [-0.39, 0.29) is 42.0 Å². The number of nitrogens with two attached hydrogens (primary N) is 1. The van der Waals surface area contributed by atoms with Crippen LogP contribution in [0.15, 0.2) is 24.0 Å². The van der Waals surface area contributed by atoms with E-state index in [2.05, 4.69) is 36.0 Å². The molecule has 1 aliphatic heterocycles. The fourth-order valence-corrected chi connectivity index (χ4v) is 4.96. The zero-order valence-corrected chi connectivity index (χ0v) is 22.4. The summed E-state index contributed by atoms with van der Waals surface area (Å²) in [5.41, 5.74) is 5.90. The van der Waals surface area contributed by atoms with Gasteiger partial charge in [0.15, 0.2) is 0 Å². The molecule has 4 atom stereocenters. The molecular weight excluding hydrogens is 458 g/mol. The van der Waals surface area contributed by atoms with Gasteiger partial charge >= 0.3 is 0 Å². The second-order valence-electron chi connectivity index (χ2n) is 10.3. The van der Waals surface area contributed by atoms with Crippen LogP contribution in [0.1, 0.15) is 52.9 Å². The van der Waals surface area contributed by atoms with E-state index in [0.717, 1.165) is 25.7 Å². The number of methoxy groups -OCH3 is 2. The average Bonchev–Trinajstić information content (AvgIpc) is 3.30. The standard InChI is InChI=1S/C27H43N5O4/c1-7-25(34)32-11-9-20(17-32)31-26(30-18(2)3)23(13-24(29)33)19(16-28)8-10-27(4)14-21(35-5)12-22(15-27)36-6/h7,16,18-22,28,30-31H,1,9,11-15,17H2,2-6H3,(H2,29,33)/b26-23-,28-16?/t19?,20-,21?,22?,27?/m0/s1. The molecule has 1 heterocycles. The molecule has 0 aromatic carbocycles. The first-order chi connectivity index (χ1) is 17.0. The predicted molar refractivity (Wildman–Crippen MR) is 141 cm³/mol. The van der Waals surface area contributed by atoms with Crippen LogP contribution in [0.3, 0.4) is 0 Å². The van der Waals surface area contributed by atoms with Crippen molar-refractivity contribution in [1.29, 1.82) is 5.41 Å². The third kappa shape index (κ3) is 8.38. The van der Waals surface area contributed by atoms with Crippen LogP contribution in [0.4, 0.5) is 0 Å². The number of likely N-dealkylation sites (tertiary alicyclic amines) is 1. The topological polar surface area (TPSA) is 130 Å². The third-order valence-corrected chi connectivity index (χ3v) is 6.76. The van der Waals surface area contributed by atoms with E-state index in [0.29, 0.717) is 24.5 Å². The normalized spacial score (nSPS) is 27.4. The fraction of sp³-hybridized carbons (Fsp3) is 0.667. The smallest absolute Gasteiger partial charge is 0.246 e. The summed E-state index contributed by atoms with van der Waals surface area (Å²) in [6.07, 6.45) is 5.73. The SMILES string of the molecule is C=CC(=O)N1CC[C@H](N/C(NC(C)C)=C(/CC(N)=O)C(C#CC2(C)CC(OC)CC(OC)C2)C=N)C1. The molecule has 2 fully saturated rings. The van der Waals surface area contributed by atoms with Gasteiger partial charge in [-0.2, -0.15) is 0 Å². The third-order valence-electron chi connectivity index (χ3n) is 6.76. The summed E-state index contributed by atoms with van der Waals surface area (Å²) in [5.74, 6) is 6.08. The summed E-state index contributed by atoms with van der Waals surface area (Å²) in [6, 6.07) is 0.0426. The number of hydrogen-bond acceptors (Lipinski definition) is 7. The molecule has 2 aliphatic rings. The Labute approximate surface area is 215 Å². The monoisotopic (exact) mass is 501 g/mol. The summed E-state index contributed by atoms with van der Waals surface area (Å²) in [4.78, 5) is 25.9. The Morgan fingerprint density at radius 2 is 1.92 bits per heavy atom. The molecule has 2 amide bonds. The molecule has 0 aromatic heterocycles. The van der Waals surface area contributed by atoms with Crippen LogP contribution in [0.25, 0.3) is 0 Å². The molecule has 0 spiro atoms. The Kier molecular flexibility index (Phi) is 11.0. The average molecular weight is 502 g/mol. The minimum atomic E-state index is -0.612. The highest BCUT2D eigenvalue weighted by Crippen LogP contribution is 2.38. The first-order valence-electron chi connectivity index (χ1n) is 12.6.